The van der Waals surface area contributed by atoms with Crippen LogP contribution in [-0.4, -0.2) is 23.3 Å². The molecule has 0 aromatic carbocycles. The number of ether oxygens (including phenoxy) is 1. The number of aromatic nitrogens is 2. The van der Waals surface area contributed by atoms with E-state index in [9.17, 15) is 0 Å². The average molecular weight is 225 g/mol. The van der Waals surface area contributed by atoms with Crippen molar-refractivity contribution in [3.8, 4) is 0 Å². The lowest BCUT2D eigenvalue weighted by atomic mass is 10.2. The Hall–Kier alpha value is -0.940. The molecule has 0 bridgehead atoms. The van der Waals surface area contributed by atoms with Gasteiger partial charge in [0.25, 0.3) is 0 Å². The van der Waals surface area contributed by atoms with Crippen LogP contribution >= 0.6 is 0 Å². The van der Waals surface area contributed by atoms with E-state index in [2.05, 4.69) is 10.1 Å². The Bertz CT molecular complexity index is 323. The number of hydrogen-bond donors (Lipinski definition) is 1. The lowest BCUT2D eigenvalue weighted by molar-refractivity contribution is 0.0384. The van der Waals surface area contributed by atoms with Gasteiger partial charge in [-0.2, -0.15) is 4.98 Å². The van der Waals surface area contributed by atoms with Crippen LogP contribution in [0.4, 0.5) is 0 Å². The molecule has 1 aliphatic rings. The molecule has 1 saturated carbocycles. The summed E-state index contributed by atoms with van der Waals surface area (Å²) in [4.78, 5) is 4.37. The van der Waals surface area contributed by atoms with Crippen LogP contribution in [0.5, 0.6) is 0 Å². The largest absolute Gasteiger partial charge is 0.370 e. The highest BCUT2D eigenvalue weighted by molar-refractivity contribution is 4.98. The average Bonchev–Trinajstić information content (AvgIpc) is 3.02. The van der Waals surface area contributed by atoms with Crippen molar-refractivity contribution in [1.29, 1.82) is 0 Å². The van der Waals surface area contributed by atoms with Crippen LogP contribution in [0.25, 0.3) is 0 Å². The van der Waals surface area contributed by atoms with Crippen molar-refractivity contribution >= 4 is 0 Å². The molecule has 1 heterocycles. The first kappa shape index (κ1) is 11.5. The molecule has 5 heteroatoms. The van der Waals surface area contributed by atoms with Crippen molar-refractivity contribution in [2.75, 3.05) is 13.2 Å². The van der Waals surface area contributed by atoms with Gasteiger partial charge in [-0.3, -0.25) is 0 Å². The van der Waals surface area contributed by atoms with Crippen molar-refractivity contribution < 1.29 is 9.26 Å². The maximum Gasteiger partial charge on any atom is 0.226 e. The molecule has 0 saturated heterocycles. The Kier molecular flexibility index (Phi) is 3.90. The van der Waals surface area contributed by atoms with Gasteiger partial charge in [-0.05, 0) is 38.6 Å². The molecular weight excluding hydrogens is 206 g/mol. The highest BCUT2D eigenvalue weighted by atomic mass is 16.5. The SMILES string of the molecule is CCOC(c1noc(CCCN)n1)C1CC1. The molecule has 16 heavy (non-hydrogen) atoms. The van der Waals surface area contributed by atoms with Crippen LogP contribution in [0.15, 0.2) is 4.52 Å². The second kappa shape index (κ2) is 5.41. The van der Waals surface area contributed by atoms with Gasteiger partial charge >= 0.3 is 0 Å². The Balaban J connectivity index is 1.97. The van der Waals surface area contributed by atoms with Gasteiger partial charge < -0.3 is 15.0 Å². The lowest BCUT2D eigenvalue weighted by Gasteiger charge is -2.10. The van der Waals surface area contributed by atoms with Crippen LogP contribution in [0.2, 0.25) is 0 Å². The summed E-state index contributed by atoms with van der Waals surface area (Å²) in [5.41, 5.74) is 5.43. The van der Waals surface area contributed by atoms with Crippen LogP contribution in [-0.2, 0) is 11.2 Å². The van der Waals surface area contributed by atoms with Gasteiger partial charge in [-0.1, -0.05) is 5.16 Å². The fourth-order valence-electron chi connectivity index (χ4n) is 1.74. The summed E-state index contributed by atoms with van der Waals surface area (Å²) in [5.74, 6) is 1.96. The zero-order valence-corrected chi connectivity index (χ0v) is 9.69. The van der Waals surface area contributed by atoms with E-state index in [-0.39, 0.29) is 6.10 Å². The third-order valence-electron chi connectivity index (χ3n) is 2.73. The van der Waals surface area contributed by atoms with Crippen LogP contribution < -0.4 is 5.73 Å². The Morgan fingerprint density at radius 1 is 1.56 bits per heavy atom. The molecule has 0 aliphatic heterocycles. The monoisotopic (exact) mass is 225 g/mol. The quantitative estimate of drug-likeness (QED) is 0.760. The molecule has 1 aromatic rings. The van der Waals surface area contributed by atoms with E-state index in [1.165, 1.54) is 12.8 Å². The van der Waals surface area contributed by atoms with Gasteiger partial charge in [-0.25, -0.2) is 0 Å². The molecule has 90 valence electrons. The van der Waals surface area contributed by atoms with Crippen molar-refractivity contribution in [2.45, 2.75) is 38.7 Å². The van der Waals surface area contributed by atoms with Gasteiger partial charge in [0.05, 0.1) is 0 Å². The van der Waals surface area contributed by atoms with Crippen molar-refractivity contribution in [3.63, 3.8) is 0 Å². The van der Waals surface area contributed by atoms with Crippen LogP contribution in [0.1, 0.15) is 44.0 Å². The van der Waals surface area contributed by atoms with E-state index in [0.717, 1.165) is 12.8 Å². The minimum atomic E-state index is 0.0281. The summed E-state index contributed by atoms with van der Waals surface area (Å²) in [7, 11) is 0. The molecule has 2 rings (SSSR count). The molecule has 1 aromatic heterocycles. The minimum absolute atomic E-state index is 0.0281. The van der Waals surface area contributed by atoms with Crippen LogP contribution in [0, 0.1) is 5.92 Å². The van der Waals surface area contributed by atoms with E-state index in [1.54, 1.807) is 0 Å². The predicted molar refractivity (Wildman–Crippen MR) is 58.8 cm³/mol. The maximum absolute atomic E-state index is 5.66. The second-order valence-corrected chi connectivity index (χ2v) is 4.15. The lowest BCUT2D eigenvalue weighted by Crippen LogP contribution is -2.08. The van der Waals surface area contributed by atoms with E-state index < -0.39 is 0 Å². The first-order valence-electron chi connectivity index (χ1n) is 5.99. The smallest absolute Gasteiger partial charge is 0.226 e. The van der Waals surface area contributed by atoms with E-state index >= 15 is 0 Å². The molecule has 0 spiro atoms. The summed E-state index contributed by atoms with van der Waals surface area (Å²) in [6.45, 7) is 3.33. The fraction of sp³-hybridized carbons (Fsp3) is 0.818. The third-order valence-corrected chi connectivity index (χ3v) is 2.73. The first-order valence-corrected chi connectivity index (χ1v) is 5.99. The number of rotatable bonds is 7. The Labute approximate surface area is 95.3 Å². The summed E-state index contributed by atoms with van der Waals surface area (Å²) in [5, 5.41) is 4.00. The minimum Gasteiger partial charge on any atom is -0.370 e. The van der Waals surface area contributed by atoms with Crippen LogP contribution in [0.3, 0.4) is 0 Å². The maximum atomic E-state index is 5.66. The standard InChI is InChI=1S/C11H19N3O2/c1-2-15-10(8-5-6-8)11-13-9(16-14-11)4-3-7-12/h8,10H,2-7,12H2,1H3. The summed E-state index contributed by atoms with van der Waals surface area (Å²) < 4.78 is 10.8. The highest BCUT2D eigenvalue weighted by Crippen LogP contribution is 2.42. The summed E-state index contributed by atoms with van der Waals surface area (Å²) in [6, 6.07) is 0. The topological polar surface area (TPSA) is 74.2 Å². The van der Waals surface area contributed by atoms with Gasteiger partial charge in [0.15, 0.2) is 0 Å². The first-order chi connectivity index (χ1) is 7.85. The number of hydrogen-bond acceptors (Lipinski definition) is 5. The Morgan fingerprint density at radius 3 is 3.00 bits per heavy atom. The third kappa shape index (κ3) is 2.80. The van der Waals surface area contributed by atoms with Crippen molar-refractivity contribution in [1.82, 2.24) is 10.1 Å². The van der Waals surface area contributed by atoms with Gasteiger partial charge in [-0.15, -0.1) is 0 Å². The molecule has 0 amide bonds. The zero-order chi connectivity index (χ0) is 11.4. The highest BCUT2D eigenvalue weighted by Gasteiger charge is 2.36. The Morgan fingerprint density at radius 2 is 2.38 bits per heavy atom. The van der Waals surface area contributed by atoms with E-state index in [4.69, 9.17) is 15.0 Å². The molecular formula is C11H19N3O2. The molecule has 0 radical (unpaired) electrons. The molecule has 1 atom stereocenters. The second-order valence-electron chi connectivity index (χ2n) is 4.15. The molecule has 5 nitrogen and oxygen atoms in total. The summed E-state index contributed by atoms with van der Waals surface area (Å²) in [6.07, 6.45) is 4.08. The predicted octanol–water partition coefficient (Wildman–Crippen LogP) is 1.45. The van der Waals surface area contributed by atoms with E-state index in [0.29, 0.717) is 30.8 Å². The van der Waals surface area contributed by atoms with Gasteiger partial charge in [0.2, 0.25) is 11.7 Å². The fourth-order valence-corrected chi connectivity index (χ4v) is 1.74. The van der Waals surface area contributed by atoms with E-state index in [1.807, 2.05) is 6.92 Å². The number of aryl methyl sites for hydroxylation is 1. The normalized spacial score (nSPS) is 17.6. The molecule has 1 unspecified atom stereocenters. The molecule has 1 aliphatic carbocycles. The van der Waals surface area contributed by atoms with Crippen molar-refractivity contribution in [2.24, 2.45) is 11.7 Å². The van der Waals surface area contributed by atoms with Gasteiger partial charge in [0, 0.05) is 13.0 Å². The molecule has 1 fully saturated rings. The summed E-state index contributed by atoms with van der Waals surface area (Å²) >= 11 is 0. The van der Waals surface area contributed by atoms with Gasteiger partial charge in [0.1, 0.15) is 6.10 Å². The zero-order valence-electron chi connectivity index (χ0n) is 9.69. The number of nitrogens with zero attached hydrogens (tertiary/aromatic N) is 2. The number of nitrogens with two attached hydrogens (primary N) is 1. The molecule has 2 N–H and O–H groups in total. The van der Waals surface area contributed by atoms with Crippen molar-refractivity contribution in [3.05, 3.63) is 11.7 Å².